The Labute approximate surface area is 397 Å². The largest absolute Gasteiger partial charge is 0.462 e. The molecule has 0 saturated carbocycles. The van der Waals surface area contributed by atoms with E-state index in [0.717, 1.165) is 109 Å². The van der Waals surface area contributed by atoms with Crippen LogP contribution in [0.5, 0.6) is 0 Å². The minimum Gasteiger partial charge on any atom is -0.462 e. The molecule has 0 aliphatic carbocycles. The van der Waals surface area contributed by atoms with Crippen LogP contribution >= 0.6 is 0 Å². The highest BCUT2D eigenvalue weighted by molar-refractivity contribution is 5.71. The molecule has 1 unspecified atom stereocenters. The van der Waals surface area contributed by atoms with Crippen LogP contribution in [0.1, 0.15) is 188 Å². The summed E-state index contributed by atoms with van der Waals surface area (Å²) in [5, 5.41) is 0. The first kappa shape index (κ1) is 60.3. The van der Waals surface area contributed by atoms with E-state index in [1.807, 2.05) is 54.7 Å². The van der Waals surface area contributed by atoms with Crippen molar-refractivity contribution in [1.29, 1.82) is 0 Å². The zero-order chi connectivity index (χ0) is 47.2. The summed E-state index contributed by atoms with van der Waals surface area (Å²) >= 11 is 0. The zero-order valence-corrected chi connectivity index (χ0v) is 41.2. The van der Waals surface area contributed by atoms with Crippen LogP contribution in [0.3, 0.4) is 0 Å². The number of hydrogen-bond donors (Lipinski definition) is 0. The summed E-state index contributed by atoms with van der Waals surface area (Å²) in [6, 6.07) is 0. The molecular weight excluding hydrogens is 805 g/mol. The molecule has 0 rings (SSSR count). The lowest BCUT2D eigenvalue weighted by molar-refractivity contribution is -0.167. The number of allylic oxidation sites excluding steroid dienone is 24. The molecule has 6 nitrogen and oxygen atoms in total. The maximum absolute atomic E-state index is 12.8. The molecule has 0 heterocycles. The predicted octanol–water partition coefficient (Wildman–Crippen LogP) is 16.9. The van der Waals surface area contributed by atoms with Crippen molar-refractivity contribution in [3.05, 3.63) is 146 Å². The number of carbonyl (C=O) groups excluding carboxylic acids is 3. The Balaban J connectivity index is 4.58. The van der Waals surface area contributed by atoms with Crippen molar-refractivity contribution in [2.45, 2.75) is 194 Å². The van der Waals surface area contributed by atoms with Crippen molar-refractivity contribution in [1.82, 2.24) is 0 Å². The fourth-order valence-electron chi connectivity index (χ4n) is 6.19. The Morgan fingerprint density at radius 1 is 0.338 bits per heavy atom. The van der Waals surface area contributed by atoms with Crippen molar-refractivity contribution in [3.8, 4) is 0 Å². The smallest absolute Gasteiger partial charge is 0.306 e. The SMILES string of the molecule is CC\C=C/C=C\C=C/C=C\C=C/CCCC(=O)OCC(COC(=O)CCCCC/C=C\C/C=C\C/C=C\C/C=C\C/C=C\CC)OC(=O)CCCCCCCC/C=C\C=C/CCCCC. The molecule has 0 saturated heterocycles. The number of carbonyl (C=O) groups is 3. The topological polar surface area (TPSA) is 78.9 Å². The second-order valence-electron chi connectivity index (χ2n) is 16.1. The van der Waals surface area contributed by atoms with Gasteiger partial charge in [0.1, 0.15) is 13.2 Å². The van der Waals surface area contributed by atoms with Gasteiger partial charge in [-0.1, -0.05) is 212 Å². The van der Waals surface area contributed by atoms with Gasteiger partial charge in [-0.15, -0.1) is 0 Å². The molecule has 0 amide bonds. The highest BCUT2D eigenvalue weighted by atomic mass is 16.6. The molecule has 0 spiro atoms. The Hall–Kier alpha value is -4.71. The number of hydrogen-bond acceptors (Lipinski definition) is 6. The summed E-state index contributed by atoms with van der Waals surface area (Å²) in [5.74, 6) is -1.06. The molecular formula is C59H90O6. The van der Waals surface area contributed by atoms with Gasteiger partial charge >= 0.3 is 17.9 Å². The monoisotopic (exact) mass is 895 g/mol. The molecule has 6 heteroatoms. The van der Waals surface area contributed by atoms with Crippen LogP contribution in [0, 0.1) is 0 Å². The van der Waals surface area contributed by atoms with E-state index in [2.05, 4.69) is 112 Å². The third-order valence-electron chi connectivity index (χ3n) is 9.96. The highest BCUT2D eigenvalue weighted by Crippen LogP contribution is 2.12. The standard InChI is InChI=1S/C59H90O6/c1-4-7-10-13-16-19-22-25-27-28-29-30-32-34-37-40-43-46-49-52-58(61)64-55-56(54-63-57(60)51-48-45-42-39-36-33-24-21-18-15-12-9-6-3)65-59(62)53-50-47-44-41-38-35-31-26-23-20-17-14-11-8-5-2/h7,9-10,12,15-21,23-27,29-30,33-34,36-37,39,42,56H,4-6,8,11,13-14,22,28,31-32,35,38,40-41,43-55H2,1-3H3/b10-7-,12-9-,18-15-,19-16-,20-17-,24-21-,26-23-,27-25-,30-29-,36-33-,37-34-,42-39-. The number of esters is 3. The third-order valence-corrected chi connectivity index (χ3v) is 9.96. The minimum absolute atomic E-state index is 0.129. The molecule has 0 aliphatic heterocycles. The van der Waals surface area contributed by atoms with Gasteiger partial charge in [0, 0.05) is 19.3 Å². The van der Waals surface area contributed by atoms with Crippen molar-refractivity contribution in [2.75, 3.05) is 13.2 Å². The van der Waals surface area contributed by atoms with E-state index in [-0.39, 0.29) is 44.0 Å². The summed E-state index contributed by atoms with van der Waals surface area (Å²) in [6.45, 7) is 6.22. The van der Waals surface area contributed by atoms with E-state index in [9.17, 15) is 14.4 Å². The fraction of sp³-hybridized carbons (Fsp3) is 0.542. The quantitative estimate of drug-likeness (QED) is 0.0199. The van der Waals surface area contributed by atoms with Crippen LogP contribution in [0.4, 0.5) is 0 Å². The van der Waals surface area contributed by atoms with Gasteiger partial charge in [0.25, 0.3) is 0 Å². The van der Waals surface area contributed by atoms with Gasteiger partial charge in [-0.05, 0) is 103 Å². The molecule has 0 aromatic carbocycles. The van der Waals surface area contributed by atoms with Crippen LogP contribution in [0.25, 0.3) is 0 Å². The first-order chi connectivity index (χ1) is 32.0. The Kier molecular flexibility index (Phi) is 48.2. The molecule has 0 bridgehead atoms. The Morgan fingerprint density at radius 3 is 1.22 bits per heavy atom. The molecule has 0 aromatic heterocycles. The maximum atomic E-state index is 12.8. The van der Waals surface area contributed by atoms with E-state index in [4.69, 9.17) is 14.2 Å². The minimum atomic E-state index is -0.833. The first-order valence-corrected chi connectivity index (χ1v) is 25.4. The van der Waals surface area contributed by atoms with Gasteiger partial charge < -0.3 is 14.2 Å². The predicted molar refractivity (Wildman–Crippen MR) is 279 cm³/mol. The van der Waals surface area contributed by atoms with Gasteiger partial charge in [0.15, 0.2) is 6.10 Å². The molecule has 0 fully saturated rings. The number of ether oxygens (including phenoxy) is 3. The second kappa shape index (κ2) is 51.9. The third kappa shape index (κ3) is 50.2. The maximum Gasteiger partial charge on any atom is 0.306 e. The average Bonchev–Trinajstić information content (AvgIpc) is 3.30. The summed E-state index contributed by atoms with van der Waals surface area (Å²) in [7, 11) is 0. The van der Waals surface area contributed by atoms with E-state index in [1.54, 1.807) is 0 Å². The lowest BCUT2D eigenvalue weighted by Crippen LogP contribution is -2.30. The lowest BCUT2D eigenvalue weighted by atomic mass is 10.1. The van der Waals surface area contributed by atoms with E-state index in [1.165, 1.54) is 32.1 Å². The van der Waals surface area contributed by atoms with Crippen LogP contribution < -0.4 is 0 Å². The van der Waals surface area contributed by atoms with Crippen LogP contribution in [0.15, 0.2) is 146 Å². The van der Waals surface area contributed by atoms with Gasteiger partial charge in [-0.3, -0.25) is 14.4 Å². The molecule has 0 aromatic rings. The van der Waals surface area contributed by atoms with Crippen molar-refractivity contribution < 1.29 is 28.6 Å². The normalized spacial score (nSPS) is 13.3. The summed E-state index contributed by atoms with van der Waals surface area (Å²) in [4.78, 5) is 37.9. The van der Waals surface area contributed by atoms with Crippen LogP contribution in [-0.4, -0.2) is 37.2 Å². The van der Waals surface area contributed by atoms with Crippen LogP contribution in [0.2, 0.25) is 0 Å². The molecule has 65 heavy (non-hydrogen) atoms. The van der Waals surface area contributed by atoms with Crippen molar-refractivity contribution >= 4 is 17.9 Å². The molecule has 362 valence electrons. The molecule has 1 atom stereocenters. The zero-order valence-electron chi connectivity index (χ0n) is 41.2. The number of rotatable bonds is 43. The molecule has 0 N–H and O–H groups in total. The summed E-state index contributed by atoms with van der Waals surface area (Å²) in [5.41, 5.74) is 0. The Morgan fingerprint density at radius 2 is 0.692 bits per heavy atom. The van der Waals surface area contributed by atoms with Gasteiger partial charge in [0.05, 0.1) is 0 Å². The average molecular weight is 895 g/mol. The van der Waals surface area contributed by atoms with Crippen molar-refractivity contribution in [3.63, 3.8) is 0 Å². The van der Waals surface area contributed by atoms with Gasteiger partial charge in [-0.2, -0.15) is 0 Å². The second-order valence-corrected chi connectivity index (χ2v) is 16.1. The molecule has 0 radical (unpaired) electrons. The summed E-state index contributed by atoms with van der Waals surface area (Å²) in [6.07, 6.45) is 74.1. The van der Waals surface area contributed by atoms with E-state index in [0.29, 0.717) is 12.8 Å². The first-order valence-electron chi connectivity index (χ1n) is 25.4. The summed E-state index contributed by atoms with van der Waals surface area (Å²) < 4.78 is 16.7. The fourth-order valence-corrected chi connectivity index (χ4v) is 6.19. The van der Waals surface area contributed by atoms with Gasteiger partial charge in [-0.25, -0.2) is 0 Å². The highest BCUT2D eigenvalue weighted by Gasteiger charge is 2.19. The molecule has 0 aliphatic rings. The van der Waals surface area contributed by atoms with Crippen LogP contribution in [-0.2, 0) is 28.6 Å². The van der Waals surface area contributed by atoms with Gasteiger partial charge in [0.2, 0.25) is 0 Å². The Bertz CT molecular complexity index is 1490. The lowest BCUT2D eigenvalue weighted by Gasteiger charge is -2.18. The van der Waals surface area contributed by atoms with Crippen molar-refractivity contribution in [2.24, 2.45) is 0 Å². The van der Waals surface area contributed by atoms with E-state index >= 15 is 0 Å². The van der Waals surface area contributed by atoms with E-state index < -0.39 is 6.10 Å². The number of unbranched alkanes of at least 4 members (excludes halogenated alkanes) is 13.